The summed E-state index contributed by atoms with van der Waals surface area (Å²) in [6.45, 7) is 4.81. The van der Waals surface area contributed by atoms with Gasteiger partial charge < -0.3 is 9.53 Å². The monoisotopic (exact) mass is 217 g/mol. The molecular weight excluding hydrogens is 202 g/mol. The van der Waals surface area contributed by atoms with Gasteiger partial charge >= 0.3 is 0 Å². The molecule has 0 radical (unpaired) electrons. The predicted molar refractivity (Wildman–Crippen MR) is 61.2 cm³/mol. The fraction of sp³-hybridized carbons (Fsp3) is 0.385. The number of hydrogen-bond acceptors (Lipinski definition) is 3. The lowest BCUT2D eigenvalue weighted by atomic mass is 10.0. The Morgan fingerprint density at radius 3 is 2.44 bits per heavy atom. The lowest BCUT2D eigenvalue weighted by Gasteiger charge is -2.09. The van der Waals surface area contributed by atoms with Crippen LogP contribution in [-0.2, 0) is 4.79 Å². The van der Waals surface area contributed by atoms with Crippen LogP contribution in [0.4, 0.5) is 0 Å². The molecule has 1 unspecified atom stereocenters. The second-order valence-corrected chi connectivity index (χ2v) is 4.02. The first-order valence-corrected chi connectivity index (χ1v) is 5.25. The minimum Gasteiger partial charge on any atom is -0.493 e. The van der Waals surface area contributed by atoms with Gasteiger partial charge in [-0.1, -0.05) is 26.0 Å². The van der Waals surface area contributed by atoms with Crippen LogP contribution in [0.25, 0.3) is 0 Å². The van der Waals surface area contributed by atoms with Gasteiger partial charge in [0.05, 0.1) is 12.7 Å². The highest BCUT2D eigenvalue weighted by molar-refractivity contribution is 5.66. The highest BCUT2D eigenvalue weighted by atomic mass is 16.5. The Balaban J connectivity index is 2.68. The minimum absolute atomic E-state index is 0.474. The Hall–Kier alpha value is -1.82. The largest absolute Gasteiger partial charge is 0.493 e. The molecule has 0 saturated heterocycles. The molecule has 0 fully saturated rings. The Kier molecular flexibility index (Phi) is 4.53. The molecule has 0 aliphatic rings. The fourth-order valence-corrected chi connectivity index (χ4v) is 1.22. The molecule has 0 spiro atoms. The van der Waals surface area contributed by atoms with Crippen molar-refractivity contribution in [3.05, 3.63) is 29.8 Å². The van der Waals surface area contributed by atoms with Crippen LogP contribution in [0.3, 0.4) is 0 Å². The summed E-state index contributed by atoms with van der Waals surface area (Å²) in [5, 5.41) is 8.71. The van der Waals surface area contributed by atoms with E-state index in [0.717, 1.165) is 5.75 Å². The third-order valence-corrected chi connectivity index (χ3v) is 2.10. The van der Waals surface area contributed by atoms with Crippen molar-refractivity contribution in [3.63, 3.8) is 0 Å². The quantitative estimate of drug-likeness (QED) is 0.712. The van der Waals surface area contributed by atoms with Crippen molar-refractivity contribution < 1.29 is 9.53 Å². The first-order chi connectivity index (χ1) is 7.67. The molecular formula is C13H15NO2. The van der Waals surface area contributed by atoms with E-state index < -0.39 is 5.92 Å². The molecule has 0 bridgehead atoms. The third kappa shape index (κ3) is 3.39. The first kappa shape index (κ1) is 12.3. The number of hydrogen-bond donors (Lipinski definition) is 0. The van der Waals surface area contributed by atoms with Crippen LogP contribution in [0.15, 0.2) is 24.3 Å². The van der Waals surface area contributed by atoms with E-state index >= 15 is 0 Å². The Morgan fingerprint density at radius 2 is 2.00 bits per heavy atom. The van der Waals surface area contributed by atoms with Gasteiger partial charge in [0.25, 0.3) is 0 Å². The van der Waals surface area contributed by atoms with Gasteiger partial charge in [0, 0.05) is 0 Å². The highest BCUT2D eigenvalue weighted by Crippen LogP contribution is 2.18. The van der Waals surface area contributed by atoms with E-state index in [-0.39, 0.29) is 0 Å². The molecule has 1 aromatic rings. The van der Waals surface area contributed by atoms with E-state index in [4.69, 9.17) is 10.00 Å². The summed E-state index contributed by atoms with van der Waals surface area (Å²) in [6, 6.07) is 8.99. The number of ether oxygens (including phenoxy) is 1. The summed E-state index contributed by atoms with van der Waals surface area (Å²) in [7, 11) is 0. The number of nitrogens with zero attached hydrogens (tertiary/aromatic N) is 1. The average molecular weight is 217 g/mol. The van der Waals surface area contributed by atoms with E-state index in [1.54, 1.807) is 24.3 Å². The number of aldehydes is 1. The Bertz CT molecular complexity index is 376. The second-order valence-electron chi connectivity index (χ2n) is 4.02. The number of carbonyl (C=O) groups excluding carboxylic acids is 1. The summed E-state index contributed by atoms with van der Waals surface area (Å²) in [5.74, 6) is 0.556. The van der Waals surface area contributed by atoms with Gasteiger partial charge in [0.15, 0.2) is 0 Å². The van der Waals surface area contributed by atoms with Gasteiger partial charge in [-0.15, -0.1) is 0 Å². The Labute approximate surface area is 95.7 Å². The number of carbonyl (C=O) groups is 1. The van der Waals surface area contributed by atoms with Crippen molar-refractivity contribution in [1.29, 1.82) is 5.26 Å². The fourth-order valence-electron chi connectivity index (χ4n) is 1.22. The third-order valence-electron chi connectivity index (χ3n) is 2.10. The number of benzene rings is 1. The molecule has 1 atom stereocenters. The second kappa shape index (κ2) is 5.92. The molecule has 0 amide bonds. The lowest BCUT2D eigenvalue weighted by molar-refractivity contribution is -0.108. The highest BCUT2D eigenvalue weighted by Gasteiger charge is 2.08. The summed E-state index contributed by atoms with van der Waals surface area (Å²) in [4.78, 5) is 10.6. The molecule has 0 aromatic heterocycles. The van der Waals surface area contributed by atoms with E-state index in [1.807, 2.05) is 6.07 Å². The van der Waals surface area contributed by atoms with Crippen LogP contribution >= 0.6 is 0 Å². The van der Waals surface area contributed by atoms with Crippen molar-refractivity contribution >= 4 is 6.29 Å². The van der Waals surface area contributed by atoms with E-state index in [2.05, 4.69) is 13.8 Å². The summed E-state index contributed by atoms with van der Waals surface area (Å²) < 4.78 is 5.50. The maximum Gasteiger partial charge on any atom is 0.141 e. The molecule has 3 heteroatoms. The zero-order valence-electron chi connectivity index (χ0n) is 9.51. The topological polar surface area (TPSA) is 50.1 Å². The van der Waals surface area contributed by atoms with Crippen LogP contribution in [0.2, 0.25) is 0 Å². The van der Waals surface area contributed by atoms with Crippen molar-refractivity contribution in [1.82, 2.24) is 0 Å². The lowest BCUT2D eigenvalue weighted by Crippen LogP contribution is -2.04. The molecule has 16 heavy (non-hydrogen) atoms. The van der Waals surface area contributed by atoms with Crippen LogP contribution < -0.4 is 4.74 Å². The molecule has 0 heterocycles. The SMILES string of the molecule is CC(C)COc1ccc(C(C#N)C=O)cc1. The summed E-state index contributed by atoms with van der Waals surface area (Å²) >= 11 is 0. The molecule has 1 aromatic carbocycles. The van der Waals surface area contributed by atoms with Gasteiger partial charge in [-0.3, -0.25) is 0 Å². The van der Waals surface area contributed by atoms with Gasteiger partial charge in [0.1, 0.15) is 18.0 Å². The maximum atomic E-state index is 10.6. The van der Waals surface area contributed by atoms with Gasteiger partial charge in [-0.05, 0) is 23.6 Å². The van der Waals surface area contributed by atoms with Gasteiger partial charge in [-0.25, -0.2) is 0 Å². The Morgan fingerprint density at radius 1 is 1.38 bits per heavy atom. The number of rotatable bonds is 5. The van der Waals surface area contributed by atoms with Crippen LogP contribution in [0, 0.1) is 17.2 Å². The van der Waals surface area contributed by atoms with Crippen molar-refractivity contribution in [3.8, 4) is 11.8 Å². The maximum absolute atomic E-state index is 10.6. The van der Waals surface area contributed by atoms with Crippen molar-refractivity contribution in [2.24, 2.45) is 5.92 Å². The molecule has 3 nitrogen and oxygen atoms in total. The van der Waals surface area contributed by atoms with Crippen molar-refractivity contribution in [2.75, 3.05) is 6.61 Å². The molecule has 1 rings (SSSR count). The van der Waals surface area contributed by atoms with Crippen LogP contribution in [0.1, 0.15) is 25.3 Å². The van der Waals surface area contributed by atoms with Crippen LogP contribution in [0.5, 0.6) is 5.75 Å². The van der Waals surface area contributed by atoms with Crippen molar-refractivity contribution in [2.45, 2.75) is 19.8 Å². The normalized spacial score (nSPS) is 11.9. The standard InChI is InChI=1S/C13H15NO2/c1-10(2)9-16-13-5-3-11(4-6-13)12(7-14)8-15/h3-6,8,10,12H,9H2,1-2H3. The zero-order chi connectivity index (χ0) is 12.0. The molecule has 0 aliphatic heterocycles. The predicted octanol–water partition coefficient (Wildman–Crippen LogP) is 2.53. The van der Waals surface area contributed by atoms with E-state index in [9.17, 15) is 4.79 Å². The summed E-state index contributed by atoms with van der Waals surface area (Å²) in [5.41, 5.74) is 0.703. The molecule has 0 aliphatic carbocycles. The first-order valence-electron chi connectivity index (χ1n) is 5.25. The molecule has 0 saturated carbocycles. The van der Waals surface area contributed by atoms with Gasteiger partial charge in [-0.2, -0.15) is 5.26 Å². The van der Waals surface area contributed by atoms with Crippen LogP contribution in [-0.4, -0.2) is 12.9 Å². The number of nitriles is 1. The van der Waals surface area contributed by atoms with E-state index in [0.29, 0.717) is 24.4 Å². The molecule has 0 N–H and O–H groups in total. The van der Waals surface area contributed by atoms with E-state index in [1.165, 1.54) is 0 Å². The average Bonchev–Trinajstić information content (AvgIpc) is 2.29. The summed E-state index contributed by atoms with van der Waals surface area (Å²) in [6.07, 6.45) is 0.643. The molecule has 84 valence electrons. The van der Waals surface area contributed by atoms with Gasteiger partial charge in [0.2, 0.25) is 0 Å². The smallest absolute Gasteiger partial charge is 0.141 e. The zero-order valence-corrected chi connectivity index (χ0v) is 9.51. The minimum atomic E-state index is -0.681.